The van der Waals surface area contributed by atoms with E-state index in [4.69, 9.17) is 4.74 Å². The van der Waals surface area contributed by atoms with Crippen LogP contribution in [0, 0.1) is 5.82 Å². The van der Waals surface area contributed by atoms with Crippen molar-refractivity contribution in [3.05, 3.63) is 65.5 Å². The van der Waals surface area contributed by atoms with Gasteiger partial charge in [-0.1, -0.05) is 43.3 Å². The van der Waals surface area contributed by atoms with Crippen molar-refractivity contribution < 1.29 is 9.13 Å². The first kappa shape index (κ1) is 13.6. The lowest BCUT2D eigenvalue weighted by Gasteiger charge is -2.08. The Morgan fingerprint density at radius 2 is 1.68 bits per heavy atom. The number of nitrogens with one attached hydrogen (secondary N) is 1. The maximum atomic E-state index is 13.4. The topological polar surface area (TPSA) is 21.3 Å². The summed E-state index contributed by atoms with van der Waals surface area (Å²) in [6.07, 6.45) is 0. The highest BCUT2D eigenvalue weighted by Crippen LogP contribution is 2.17. The summed E-state index contributed by atoms with van der Waals surface area (Å²) in [6.45, 7) is 4.28. The molecule has 3 heteroatoms. The molecule has 0 saturated heterocycles. The predicted octanol–water partition coefficient (Wildman–Crippen LogP) is 3.51. The van der Waals surface area contributed by atoms with Gasteiger partial charge in [0, 0.05) is 6.54 Å². The lowest BCUT2D eigenvalue weighted by Crippen LogP contribution is -2.11. The summed E-state index contributed by atoms with van der Waals surface area (Å²) in [5.74, 6) is -0.0366. The Kier molecular flexibility index (Phi) is 4.93. The van der Waals surface area contributed by atoms with Crippen molar-refractivity contribution in [3.8, 4) is 5.75 Å². The van der Waals surface area contributed by atoms with E-state index in [1.54, 1.807) is 18.2 Å². The van der Waals surface area contributed by atoms with Crippen molar-refractivity contribution in [1.82, 2.24) is 5.32 Å². The zero-order valence-corrected chi connectivity index (χ0v) is 11.0. The molecule has 0 radical (unpaired) electrons. The monoisotopic (exact) mass is 259 g/mol. The van der Waals surface area contributed by atoms with Gasteiger partial charge in [-0.3, -0.25) is 0 Å². The van der Waals surface area contributed by atoms with Crippen LogP contribution < -0.4 is 10.1 Å². The molecule has 0 amide bonds. The molecule has 0 heterocycles. The Labute approximate surface area is 113 Å². The number of hydrogen-bond donors (Lipinski definition) is 1. The average Bonchev–Trinajstić information content (AvgIpc) is 2.45. The molecule has 0 aliphatic rings. The van der Waals surface area contributed by atoms with Gasteiger partial charge in [0.25, 0.3) is 0 Å². The van der Waals surface area contributed by atoms with Gasteiger partial charge >= 0.3 is 0 Å². The molecule has 2 nitrogen and oxygen atoms in total. The van der Waals surface area contributed by atoms with E-state index in [1.807, 2.05) is 12.1 Å². The van der Waals surface area contributed by atoms with Crippen LogP contribution in [0.4, 0.5) is 4.39 Å². The molecule has 0 aliphatic heterocycles. The van der Waals surface area contributed by atoms with Gasteiger partial charge < -0.3 is 10.1 Å². The van der Waals surface area contributed by atoms with E-state index in [0.717, 1.165) is 18.7 Å². The fourth-order valence-electron chi connectivity index (χ4n) is 1.75. The summed E-state index contributed by atoms with van der Waals surface area (Å²) in [5, 5.41) is 3.27. The van der Waals surface area contributed by atoms with E-state index < -0.39 is 0 Å². The van der Waals surface area contributed by atoms with Gasteiger partial charge in [-0.2, -0.15) is 0 Å². The highest BCUT2D eigenvalue weighted by molar-refractivity contribution is 5.26. The Morgan fingerprint density at radius 1 is 1.00 bits per heavy atom. The van der Waals surface area contributed by atoms with Gasteiger partial charge in [0.05, 0.1) is 0 Å². The van der Waals surface area contributed by atoms with Gasteiger partial charge in [-0.15, -0.1) is 0 Å². The summed E-state index contributed by atoms with van der Waals surface area (Å²) < 4.78 is 18.8. The van der Waals surface area contributed by atoms with Crippen LogP contribution in [0.3, 0.4) is 0 Å². The molecule has 0 saturated carbocycles. The van der Waals surface area contributed by atoms with Crippen LogP contribution in [0.5, 0.6) is 5.75 Å². The van der Waals surface area contributed by atoms with Gasteiger partial charge in [0.2, 0.25) is 0 Å². The molecular formula is C16H18FNO. The van der Waals surface area contributed by atoms with E-state index in [9.17, 15) is 4.39 Å². The smallest absolute Gasteiger partial charge is 0.165 e. The second-order valence-electron chi connectivity index (χ2n) is 4.32. The highest BCUT2D eigenvalue weighted by Gasteiger charge is 2.02. The summed E-state index contributed by atoms with van der Waals surface area (Å²) in [4.78, 5) is 0. The molecule has 0 bridgehead atoms. The zero-order valence-electron chi connectivity index (χ0n) is 11.0. The van der Waals surface area contributed by atoms with Crippen LogP contribution in [0.25, 0.3) is 0 Å². The van der Waals surface area contributed by atoms with Crippen molar-refractivity contribution in [2.75, 3.05) is 6.54 Å². The molecule has 0 spiro atoms. The van der Waals surface area contributed by atoms with Gasteiger partial charge in [-0.25, -0.2) is 4.39 Å². The number of benzene rings is 2. The Bertz CT molecular complexity index is 510. The fraction of sp³-hybridized carbons (Fsp3) is 0.250. The number of para-hydroxylation sites is 1. The van der Waals surface area contributed by atoms with Crippen LogP contribution in [0.15, 0.2) is 48.5 Å². The molecular weight excluding hydrogens is 241 g/mol. The standard InChI is InChI=1S/C16H18FNO/c1-2-18-11-13-7-9-14(10-8-13)12-19-16-6-4-3-5-15(16)17/h3-10,18H,2,11-12H2,1H3. The molecule has 2 aromatic rings. The lowest BCUT2D eigenvalue weighted by atomic mass is 10.1. The van der Waals surface area contributed by atoms with Crippen molar-refractivity contribution in [3.63, 3.8) is 0 Å². The van der Waals surface area contributed by atoms with Gasteiger partial charge in [0.15, 0.2) is 11.6 Å². The van der Waals surface area contributed by atoms with Crippen molar-refractivity contribution in [2.24, 2.45) is 0 Å². The highest BCUT2D eigenvalue weighted by atomic mass is 19.1. The Hall–Kier alpha value is -1.87. The minimum absolute atomic E-state index is 0.291. The number of rotatable bonds is 6. The van der Waals surface area contributed by atoms with Crippen molar-refractivity contribution in [2.45, 2.75) is 20.1 Å². The predicted molar refractivity (Wildman–Crippen MR) is 74.6 cm³/mol. The largest absolute Gasteiger partial charge is 0.486 e. The molecule has 0 aromatic heterocycles. The minimum atomic E-state index is -0.328. The van der Waals surface area contributed by atoms with Crippen LogP contribution in [-0.4, -0.2) is 6.54 Å². The Balaban J connectivity index is 1.91. The third-order valence-electron chi connectivity index (χ3n) is 2.83. The minimum Gasteiger partial charge on any atom is -0.486 e. The lowest BCUT2D eigenvalue weighted by molar-refractivity contribution is 0.290. The summed E-state index contributed by atoms with van der Waals surface area (Å²) in [6, 6.07) is 14.6. The summed E-state index contributed by atoms with van der Waals surface area (Å²) in [5.41, 5.74) is 2.26. The van der Waals surface area contributed by atoms with Crippen molar-refractivity contribution in [1.29, 1.82) is 0 Å². The van der Waals surface area contributed by atoms with Crippen LogP contribution in [-0.2, 0) is 13.2 Å². The maximum absolute atomic E-state index is 13.4. The van der Waals surface area contributed by atoms with E-state index >= 15 is 0 Å². The first-order valence-electron chi connectivity index (χ1n) is 6.45. The third-order valence-corrected chi connectivity index (χ3v) is 2.83. The van der Waals surface area contributed by atoms with Gasteiger partial charge in [-0.05, 0) is 29.8 Å². The molecule has 0 atom stereocenters. The normalized spacial score (nSPS) is 10.4. The second kappa shape index (κ2) is 6.90. The van der Waals surface area contributed by atoms with E-state index in [0.29, 0.717) is 12.4 Å². The van der Waals surface area contributed by atoms with E-state index in [-0.39, 0.29) is 5.82 Å². The number of ether oxygens (including phenoxy) is 1. The van der Waals surface area contributed by atoms with E-state index in [2.05, 4.69) is 24.4 Å². The molecule has 19 heavy (non-hydrogen) atoms. The Morgan fingerprint density at radius 3 is 2.37 bits per heavy atom. The molecule has 0 fully saturated rings. The maximum Gasteiger partial charge on any atom is 0.165 e. The first-order chi connectivity index (χ1) is 9.29. The number of halogens is 1. The zero-order chi connectivity index (χ0) is 13.5. The van der Waals surface area contributed by atoms with Crippen LogP contribution in [0.2, 0.25) is 0 Å². The van der Waals surface area contributed by atoms with Crippen molar-refractivity contribution >= 4 is 0 Å². The van der Waals surface area contributed by atoms with Crippen LogP contribution >= 0.6 is 0 Å². The first-order valence-corrected chi connectivity index (χ1v) is 6.45. The summed E-state index contributed by atoms with van der Waals surface area (Å²) in [7, 11) is 0. The summed E-state index contributed by atoms with van der Waals surface area (Å²) >= 11 is 0. The SMILES string of the molecule is CCNCc1ccc(COc2ccccc2F)cc1. The molecule has 0 aliphatic carbocycles. The molecule has 2 rings (SSSR count). The fourth-order valence-corrected chi connectivity index (χ4v) is 1.75. The molecule has 1 N–H and O–H groups in total. The third kappa shape index (κ3) is 4.07. The molecule has 100 valence electrons. The molecule has 0 unspecified atom stereocenters. The number of hydrogen-bond acceptors (Lipinski definition) is 2. The van der Waals surface area contributed by atoms with Gasteiger partial charge in [0.1, 0.15) is 6.61 Å². The molecule has 2 aromatic carbocycles. The quantitative estimate of drug-likeness (QED) is 0.857. The second-order valence-corrected chi connectivity index (χ2v) is 4.32. The van der Waals surface area contributed by atoms with Crippen LogP contribution in [0.1, 0.15) is 18.1 Å². The van der Waals surface area contributed by atoms with E-state index in [1.165, 1.54) is 11.6 Å². The average molecular weight is 259 g/mol.